The van der Waals surface area contributed by atoms with E-state index in [1.165, 1.54) is 43.8 Å². The third kappa shape index (κ3) is 21.1. The number of hydrogen-bond donors (Lipinski definition) is 1. The maximum atomic E-state index is 12.4. The number of hydrogen-bond acceptors (Lipinski definition) is 9. The third-order valence-corrected chi connectivity index (χ3v) is 21.8. The normalized spacial score (nSPS) is 10.7. The van der Waals surface area contributed by atoms with Crippen LogP contribution in [-0.4, -0.2) is 34.2 Å². The Bertz CT molecular complexity index is 7690. The Hall–Kier alpha value is -16.2. The van der Waals surface area contributed by atoms with Crippen LogP contribution in [0.1, 0.15) is 119 Å². The highest BCUT2D eigenvalue weighted by Crippen LogP contribution is 2.38. The zero-order valence-electron chi connectivity index (χ0n) is 71.8. The van der Waals surface area contributed by atoms with E-state index in [9.17, 15) is 24.0 Å². The lowest BCUT2D eigenvalue weighted by molar-refractivity contribution is 0.0696. The van der Waals surface area contributed by atoms with Gasteiger partial charge in [0.1, 0.15) is 44.7 Å². The summed E-state index contributed by atoms with van der Waals surface area (Å²) >= 11 is 0. The lowest BCUT2D eigenvalue weighted by Crippen LogP contribution is -2.01. The predicted molar refractivity (Wildman–Crippen MR) is 520 cm³/mol. The number of furan rings is 4. The molecule has 4 aromatic heterocycles. The van der Waals surface area contributed by atoms with E-state index in [2.05, 4.69) is 99.6 Å². The average Bonchev–Trinajstić information content (AvgIpc) is 1.59. The summed E-state index contributed by atoms with van der Waals surface area (Å²) in [7, 11) is 0. The van der Waals surface area contributed by atoms with Crippen LogP contribution >= 0.6 is 0 Å². The molecule has 0 fully saturated rings. The van der Waals surface area contributed by atoms with E-state index in [0.717, 1.165) is 155 Å². The highest BCUT2D eigenvalue weighted by atomic mass is 16.4. The van der Waals surface area contributed by atoms with Gasteiger partial charge >= 0.3 is 5.97 Å². The van der Waals surface area contributed by atoms with Crippen LogP contribution in [0.3, 0.4) is 0 Å². The molecule has 0 aliphatic heterocycles. The summed E-state index contributed by atoms with van der Waals surface area (Å²) in [4.78, 5) is 59.1. The van der Waals surface area contributed by atoms with Crippen molar-refractivity contribution in [1.29, 1.82) is 0 Å². The molecule has 0 spiro atoms. The van der Waals surface area contributed by atoms with E-state index in [0.29, 0.717) is 5.56 Å². The molecule has 0 aliphatic carbocycles. The van der Waals surface area contributed by atoms with Crippen molar-refractivity contribution >= 4 is 138 Å². The molecule has 0 amide bonds. The van der Waals surface area contributed by atoms with Crippen LogP contribution in [0.5, 0.6) is 0 Å². The van der Waals surface area contributed by atoms with Crippen molar-refractivity contribution in [3.05, 3.63) is 501 Å². The Balaban J connectivity index is 0.000000113. The van der Waals surface area contributed by atoms with Gasteiger partial charge in [-0.05, 0) is 173 Å². The molecule has 10 heteroatoms. The van der Waals surface area contributed by atoms with Crippen molar-refractivity contribution in [2.45, 2.75) is 55.4 Å². The molecule has 4 heterocycles. The SMILES string of the molecule is Cc1ccc(C(=O)O)cc1.Cc1ccc(C(=O)c2ccc3ccccc3c2)cc1.Cc1ccc(C(=O)c2ccccc2)cc1.Cc1ccc2c(c1)oc1ccccc12.Cc1ccc2oc3cc4oc5ccccc5c4cc3c2c1.Cc1ccc2oc3ccccc3c2c1.Cc1cccc(C(=O)c2ccc3ccccc3c2)c1.Cc1cccc(C(=O)c2ccccc2)c1. The molecule has 0 bridgehead atoms. The fourth-order valence-corrected chi connectivity index (χ4v) is 15.0. The summed E-state index contributed by atoms with van der Waals surface area (Å²) in [5, 5.41) is 22.4. The molecule has 0 atom stereocenters. The summed E-state index contributed by atoms with van der Waals surface area (Å²) in [6, 6.07) is 131. The second-order valence-corrected chi connectivity index (χ2v) is 31.6. The second kappa shape index (κ2) is 39.8. The van der Waals surface area contributed by atoms with Gasteiger partial charge < -0.3 is 22.8 Å². The monoisotopic (exact) mass is 1660 g/mol. The number of ketones is 4. The molecule has 620 valence electrons. The first kappa shape index (κ1) is 85.8. The molecule has 0 saturated carbocycles. The molecule has 0 aliphatic rings. The summed E-state index contributed by atoms with van der Waals surface area (Å²) < 4.78 is 23.3. The lowest BCUT2D eigenvalue weighted by Gasteiger charge is -2.04. The number of carboxylic acids is 1. The quantitative estimate of drug-likeness (QED) is 0.138. The Labute approximate surface area is 736 Å². The summed E-state index contributed by atoms with van der Waals surface area (Å²) in [6.07, 6.45) is 0. The van der Waals surface area contributed by atoms with Gasteiger partial charge in [0.25, 0.3) is 0 Å². The average molecular weight is 1660 g/mol. The van der Waals surface area contributed by atoms with Crippen LogP contribution in [-0.2, 0) is 0 Å². The van der Waals surface area contributed by atoms with Gasteiger partial charge in [-0.25, -0.2) is 4.79 Å². The summed E-state index contributed by atoms with van der Waals surface area (Å²) in [6.45, 7) is 16.2. The molecule has 127 heavy (non-hydrogen) atoms. The summed E-state index contributed by atoms with van der Waals surface area (Å²) in [5.74, 6) is -0.560. The maximum Gasteiger partial charge on any atom is 0.335 e. The zero-order valence-corrected chi connectivity index (χ0v) is 71.8. The highest BCUT2D eigenvalue weighted by Gasteiger charge is 2.17. The Morgan fingerprint density at radius 1 is 0.165 bits per heavy atom. The van der Waals surface area contributed by atoms with Gasteiger partial charge in [-0.1, -0.05) is 348 Å². The van der Waals surface area contributed by atoms with Crippen molar-refractivity contribution in [3.63, 3.8) is 0 Å². The first-order valence-corrected chi connectivity index (χ1v) is 42.0. The molecule has 0 saturated heterocycles. The first-order chi connectivity index (χ1) is 61.7. The van der Waals surface area contributed by atoms with Gasteiger partial charge in [0.2, 0.25) is 0 Å². The van der Waals surface area contributed by atoms with Crippen LogP contribution in [0.2, 0.25) is 0 Å². The molecule has 18 aromatic carbocycles. The maximum absolute atomic E-state index is 12.4. The molecule has 0 radical (unpaired) electrons. The van der Waals surface area contributed by atoms with E-state index in [1.807, 2.05) is 338 Å². The van der Waals surface area contributed by atoms with E-state index >= 15 is 0 Å². The van der Waals surface area contributed by atoms with Gasteiger partial charge in [-0.2, -0.15) is 0 Å². The number of rotatable bonds is 9. The minimum absolute atomic E-state index is 0.0748. The van der Waals surface area contributed by atoms with E-state index in [1.54, 1.807) is 24.3 Å². The number of carbonyl (C=O) groups is 5. The molecule has 10 nitrogen and oxygen atoms in total. The fraction of sp³-hybridized carbons (Fsp3) is 0.0684. The van der Waals surface area contributed by atoms with Gasteiger partial charge in [0.05, 0.1) is 5.56 Å². The van der Waals surface area contributed by atoms with Crippen LogP contribution in [0.25, 0.3) is 109 Å². The van der Waals surface area contributed by atoms with Gasteiger partial charge in [-0.15, -0.1) is 0 Å². The second-order valence-electron chi connectivity index (χ2n) is 31.6. The van der Waals surface area contributed by atoms with E-state index in [-0.39, 0.29) is 23.1 Å². The molecule has 1 N–H and O–H groups in total. The molecule has 22 rings (SSSR count). The zero-order chi connectivity index (χ0) is 88.5. The smallest absolute Gasteiger partial charge is 0.335 e. The highest BCUT2D eigenvalue weighted by molar-refractivity contribution is 6.16. The Morgan fingerprint density at radius 3 is 0.850 bits per heavy atom. The van der Waals surface area contributed by atoms with Gasteiger partial charge in [0, 0.05) is 93.7 Å². The Kier molecular flexibility index (Phi) is 26.9. The van der Waals surface area contributed by atoms with Crippen LogP contribution < -0.4 is 0 Å². The number of carbonyl (C=O) groups excluding carboxylic acids is 4. The van der Waals surface area contributed by atoms with Gasteiger partial charge in [-0.3, -0.25) is 19.2 Å². The molecular formula is C117H92O10. The molecule has 22 aromatic rings. The van der Waals surface area contributed by atoms with Crippen molar-refractivity contribution in [2.24, 2.45) is 0 Å². The first-order valence-electron chi connectivity index (χ1n) is 42.0. The van der Waals surface area contributed by atoms with Crippen LogP contribution in [0.4, 0.5) is 0 Å². The standard InChI is InChI=1S/C19H12O2.2C18H14O.2C14H12O.2C13H10O.C8H8O2/c1-11-6-7-17-13(8-11)15-9-14-12-4-2-3-5-16(12)20-18(14)10-19(15)21-17;1-13-5-4-8-16(11-13)18(19)17-10-9-14-6-2-3-7-15(14)12-17;1-13-6-8-15(9-7-13)18(19)17-11-10-14-4-2-3-5-16(14)12-17;1-11-6-5-9-13(10-11)14(15)12-7-3-2-4-8-12;1-11-7-9-13(10-8-11)14(15)12-5-3-2-4-6-12;1-9-6-7-13-11(8-9)10-4-2-3-5-12(10)14-13;1-9-6-7-11-10-4-2-3-5-12(10)14-13(11)8-9;1-6-2-4-7(5-3-6)8(9)10/h2-10H,1H3;2*2-12H,1H3;2*2-10H,1H3;2*2-8H,1H3;2-5H,1H3,(H,9,10). The van der Waals surface area contributed by atoms with Crippen LogP contribution in [0, 0.1) is 55.4 Å². The largest absolute Gasteiger partial charge is 0.478 e. The number of aromatic carboxylic acids is 1. The predicted octanol–water partition coefficient (Wildman–Crippen LogP) is 30.5. The number of fused-ring (bicyclic) bond motifs is 14. The van der Waals surface area contributed by atoms with Gasteiger partial charge in [0.15, 0.2) is 23.1 Å². The van der Waals surface area contributed by atoms with Crippen molar-refractivity contribution in [1.82, 2.24) is 0 Å². The number of benzene rings is 18. The lowest BCUT2D eigenvalue weighted by atomic mass is 9.99. The molecule has 0 unspecified atom stereocenters. The number of carboxylic acid groups (broad SMARTS) is 1. The third-order valence-electron chi connectivity index (χ3n) is 21.8. The molecular weight excluding hydrogens is 1570 g/mol. The van der Waals surface area contributed by atoms with Crippen molar-refractivity contribution < 1.29 is 46.7 Å². The number of para-hydroxylation sites is 3. The summed E-state index contributed by atoms with van der Waals surface area (Å²) in [5.41, 5.74) is 23.1. The van der Waals surface area contributed by atoms with Crippen molar-refractivity contribution in [2.75, 3.05) is 0 Å². The van der Waals surface area contributed by atoms with E-state index < -0.39 is 5.97 Å². The minimum Gasteiger partial charge on any atom is -0.478 e. The Morgan fingerprint density at radius 2 is 0.425 bits per heavy atom. The topological polar surface area (TPSA) is 158 Å². The number of aryl methyl sites for hydroxylation is 8. The van der Waals surface area contributed by atoms with Crippen LogP contribution in [0.15, 0.2) is 424 Å². The van der Waals surface area contributed by atoms with Crippen molar-refractivity contribution in [3.8, 4) is 0 Å². The van der Waals surface area contributed by atoms with E-state index in [4.69, 9.17) is 22.8 Å². The minimum atomic E-state index is -0.875. The fourth-order valence-electron chi connectivity index (χ4n) is 15.0.